The predicted molar refractivity (Wildman–Crippen MR) is 311 cm³/mol. The van der Waals surface area contributed by atoms with Gasteiger partial charge in [-0.2, -0.15) is 61.5 Å². The third kappa shape index (κ3) is 20.4. The Morgan fingerprint density at radius 3 is 1.48 bits per heavy atom. The first kappa shape index (κ1) is 86.7. The van der Waals surface area contributed by atoms with Crippen molar-refractivity contribution in [1.82, 2.24) is 0 Å². The number of carbonyl (C=O) groups is 13. The van der Waals surface area contributed by atoms with Crippen molar-refractivity contribution in [2.75, 3.05) is 36.3 Å². The molecule has 0 aromatic heterocycles. The number of hydrogen-bond donors (Lipinski definition) is 8. The minimum atomic E-state index is -8.51. The molecule has 1 aliphatic heterocycles. The number of ketones is 3. The summed E-state index contributed by atoms with van der Waals surface area (Å²) in [6.07, 6.45) is -0.193. The highest BCUT2D eigenvalue weighted by Crippen LogP contribution is 2.62. The van der Waals surface area contributed by atoms with E-state index in [1.54, 1.807) is 29.2 Å². The number of hydrogen-bond acceptors (Lipinski definition) is 16. The number of rotatable bonds is 26. The molecule has 0 saturated carbocycles. The van der Waals surface area contributed by atoms with Crippen molar-refractivity contribution in [3.05, 3.63) is 112 Å². The fraction of sp³-hybridized carbons (Fsp3) is 0.373. The molecule has 0 spiro atoms. The van der Waals surface area contributed by atoms with Gasteiger partial charge in [0.05, 0.1) is 42.4 Å². The Kier molecular flexibility index (Phi) is 30.4. The number of halogens is 15. The van der Waals surface area contributed by atoms with Gasteiger partial charge in [-0.05, 0) is 86.7 Å². The van der Waals surface area contributed by atoms with Crippen LogP contribution in [0, 0.1) is 12.8 Å². The topological polar surface area (TPSA) is 406 Å². The Morgan fingerprint density at radius 1 is 0.606 bits per heavy atom. The highest BCUT2D eigenvalue weighted by Gasteiger charge is 2.94. The van der Waals surface area contributed by atoms with E-state index in [-0.39, 0.29) is 83.2 Å². The van der Waals surface area contributed by atoms with E-state index in [2.05, 4.69) is 35.1 Å². The summed E-state index contributed by atoms with van der Waals surface area (Å²) >= 11 is 2.71. The van der Waals surface area contributed by atoms with Gasteiger partial charge in [-0.25, -0.2) is 24.0 Å². The molecule has 4 aromatic carbocycles. The van der Waals surface area contributed by atoms with Crippen molar-refractivity contribution in [2.45, 2.75) is 108 Å². The van der Waals surface area contributed by atoms with Gasteiger partial charge in [0.15, 0.2) is 23.1 Å². The van der Waals surface area contributed by atoms with E-state index in [0.29, 0.717) is 17.2 Å². The summed E-state index contributed by atoms with van der Waals surface area (Å²) < 4.78 is 196. The van der Waals surface area contributed by atoms with Crippen LogP contribution in [-0.2, 0) is 38.4 Å². The third-order valence-electron chi connectivity index (χ3n) is 13.0. The molecule has 0 aliphatic carbocycles. The average molecular weight is 1510 g/mol. The number of carboxylic acids is 7. The van der Waals surface area contributed by atoms with E-state index >= 15 is 0 Å². The smallest absolute Gasteiger partial charge is 0.410 e. The summed E-state index contributed by atoms with van der Waals surface area (Å²) in [4.78, 5) is 145. The molecule has 1 aliphatic rings. The van der Waals surface area contributed by atoms with Crippen molar-refractivity contribution < 1.29 is 174 Å². The Bertz CT molecular complexity index is 3700. The number of carbonyl (C=O) groups excluding carboxylic acids is 6. The van der Waals surface area contributed by atoms with Crippen LogP contribution in [0.5, 0.6) is 17.2 Å². The van der Waals surface area contributed by atoms with Crippen LogP contribution in [0.15, 0.2) is 72.8 Å². The molecule has 0 radical (unpaired) electrons. The molecule has 99 heavy (non-hydrogen) atoms. The number of ether oxygens (including phenoxy) is 3. The van der Waals surface area contributed by atoms with E-state index in [9.17, 15) is 129 Å². The van der Waals surface area contributed by atoms with Gasteiger partial charge in [-0.15, -0.1) is 0 Å². The molecule has 544 valence electrons. The zero-order valence-electron chi connectivity index (χ0n) is 51.6. The SMILES string of the molecule is COc1cc(C(=O)O)c(C(C)=O)c(OC)c1OC(=O)c1ccccc1C(=O)Nc1cccc(C(C)=O)c1.Cc1cc(N2CC(C(=O)O)CC2=O)ccc1C(C)C.O=C(O)C(F)(F)C(F)(F)C(F)(F)C(F)(F)C(F)(F)C(F)(F)C(F)(F)C(=O)O.O=C(O)CBr.O=C(O)CCCC(=O)C(=O)O. The lowest BCUT2D eigenvalue weighted by Gasteiger charge is -2.41. The fourth-order valence-corrected chi connectivity index (χ4v) is 7.96. The predicted octanol–water partition coefficient (Wildman–Crippen LogP) is 10.8. The molecule has 1 saturated heterocycles. The van der Waals surface area contributed by atoms with Crippen LogP contribution in [0.25, 0.3) is 0 Å². The van der Waals surface area contributed by atoms with Crippen molar-refractivity contribution in [2.24, 2.45) is 5.92 Å². The lowest BCUT2D eigenvalue weighted by molar-refractivity contribution is -0.435. The van der Waals surface area contributed by atoms with Crippen LogP contribution in [0.3, 0.4) is 0 Å². The molecule has 4 aromatic rings. The summed E-state index contributed by atoms with van der Waals surface area (Å²) in [5.74, 6) is -74.6. The van der Waals surface area contributed by atoms with Crippen molar-refractivity contribution >= 4 is 104 Å². The lowest BCUT2D eigenvalue weighted by Crippen LogP contribution is -2.74. The van der Waals surface area contributed by atoms with Crippen molar-refractivity contribution in [3.8, 4) is 17.2 Å². The maximum absolute atomic E-state index is 13.2. The minimum absolute atomic E-state index is 0.0346. The molecule has 0 bridgehead atoms. The van der Waals surface area contributed by atoms with Crippen LogP contribution < -0.4 is 24.4 Å². The zero-order valence-corrected chi connectivity index (χ0v) is 53.2. The lowest BCUT2D eigenvalue weighted by atomic mass is 9.89. The Balaban J connectivity index is 0.000000691. The molecule has 8 N–H and O–H groups in total. The number of amides is 2. The number of nitrogens with zero attached hydrogens (tertiary/aromatic N) is 1. The Morgan fingerprint density at radius 2 is 1.10 bits per heavy atom. The number of anilines is 2. The molecule has 25 nitrogen and oxygen atoms in total. The monoisotopic (exact) mass is 1500 g/mol. The normalized spacial score (nSPS) is 13.2. The molecular formula is C59H55BrF14N2O23. The number of carboxylic acid groups (broad SMARTS) is 7. The number of methoxy groups -OCH3 is 2. The van der Waals surface area contributed by atoms with Crippen LogP contribution in [0.4, 0.5) is 72.8 Å². The van der Waals surface area contributed by atoms with Crippen molar-refractivity contribution in [3.63, 3.8) is 0 Å². The zero-order chi connectivity index (χ0) is 77.2. The van der Waals surface area contributed by atoms with Gasteiger partial charge in [-0.1, -0.05) is 60.1 Å². The van der Waals surface area contributed by atoms with Crippen molar-refractivity contribution in [1.29, 1.82) is 0 Å². The van der Waals surface area contributed by atoms with Crippen LogP contribution in [-0.4, -0.2) is 180 Å². The standard InChI is InChI=1S/C27H23NO9.C15H19NO3.C9H2F14O4.C6H8O5.C2H3BrO2/c1-14(29)16-8-7-9-17(12-16)28-25(31)18-10-5-6-11-19(18)27(34)37-23-21(35-3)13-20(26(32)33)22(15(2)30)24(23)36-4;1-9(2)13-5-4-12(6-10(13)3)16-8-11(15(18)19)7-14(16)17;10-3(11,1(24)25)5(14,15)7(18,19)9(22,23)8(20,21)6(16,17)4(12,13)2(26)27;7-4(6(10)11)2-1-3-5(8)9;3-1-2(4)5/h5-13H,1-4H3,(H,28,31)(H,32,33);4-6,9,11H,7-8H2,1-3H3,(H,18,19);(H,24,25)(H,26,27);1-3H2,(H,8,9)(H,10,11);1H2,(H,4,5). The molecule has 1 atom stereocenters. The van der Waals surface area contributed by atoms with Crippen LogP contribution in [0.1, 0.15) is 122 Å². The number of aryl methyl sites for hydroxylation is 1. The maximum atomic E-state index is 13.2. The second-order valence-corrected chi connectivity index (χ2v) is 20.9. The van der Waals surface area contributed by atoms with Crippen LogP contribution >= 0.6 is 15.9 Å². The largest absolute Gasteiger partial charge is 0.493 e. The molecular weight excluding hydrogens is 1450 g/mol. The summed E-state index contributed by atoms with van der Waals surface area (Å²) in [7, 11) is 2.41. The number of aliphatic carboxylic acids is 6. The fourth-order valence-electron chi connectivity index (χ4n) is 7.96. The molecule has 40 heteroatoms. The first-order chi connectivity index (χ1) is 45.2. The van der Waals surface area contributed by atoms with E-state index < -0.39 is 118 Å². The molecule has 2 amide bonds. The average Bonchev–Trinajstić information content (AvgIpc) is 1.37. The van der Waals surface area contributed by atoms with E-state index in [4.69, 9.17) is 44.8 Å². The number of benzene rings is 4. The second kappa shape index (κ2) is 34.8. The van der Waals surface area contributed by atoms with Gasteiger partial charge >= 0.3 is 89.2 Å². The molecule has 1 unspecified atom stereocenters. The van der Waals surface area contributed by atoms with E-state index in [1.807, 2.05) is 25.1 Å². The summed E-state index contributed by atoms with van der Waals surface area (Å²) in [6, 6.07) is 19.1. The maximum Gasteiger partial charge on any atom is 0.410 e. The first-order valence-electron chi connectivity index (χ1n) is 27.0. The quantitative estimate of drug-likeness (QED) is 0.00723. The van der Waals surface area contributed by atoms with Crippen LogP contribution in [0.2, 0.25) is 0 Å². The third-order valence-corrected chi connectivity index (χ3v) is 13.5. The number of alkyl halides is 15. The Hall–Kier alpha value is -10.3. The molecule has 1 fully saturated rings. The number of esters is 1. The van der Waals surface area contributed by atoms with E-state index in [1.165, 1.54) is 51.0 Å². The minimum Gasteiger partial charge on any atom is -0.493 e. The van der Waals surface area contributed by atoms with Gasteiger partial charge in [-0.3, -0.25) is 38.4 Å². The Labute approximate surface area is 555 Å². The summed E-state index contributed by atoms with van der Waals surface area (Å²) in [5, 5.41) is 60.3. The summed E-state index contributed by atoms with van der Waals surface area (Å²) in [6.45, 7) is 9.09. The first-order valence-corrected chi connectivity index (χ1v) is 28.1. The summed E-state index contributed by atoms with van der Waals surface area (Å²) in [5.41, 5.74) is 3.07. The van der Waals surface area contributed by atoms with Gasteiger partial charge in [0.2, 0.25) is 17.4 Å². The number of aromatic carboxylic acids is 1. The number of nitrogens with one attached hydrogen (secondary N) is 1. The van der Waals surface area contributed by atoms with Gasteiger partial charge < -0.3 is 60.2 Å². The molecule has 1 heterocycles. The van der Waals surface area contributed by atoms with Gasteiger partial charge in [0.1, 0.15) is 5.33 Å². The van der Waals surface area contributed by atoms with Gasteiger partial charge in [0, 0.05) is 42.7 Å². The highest BCUT2D eigenvalue weighted by atomic mass is 79.9. The molecule has 5 rings (SSSR count). The highest BCUT2D eigenvalue weighted by molar-refractivity contribution is 9.09. The van der Waals surface area contributed by atoms with Gasteiger partial charge in [0.25, 0.3) is 5.91 Å². The van der Waals surface area contributed by atoms with E-state index in [0.717, 1.165) is 24.2 Å². The number of Topliss-reactive ketones (excluding diaryl/α,β-unsaturated/α-hetero) is 3. The second-order valence-electron chi connectivity index (χ2n) is 20.3.